The lowest BCUT2D eigenvalue weighted by atomic mass is 9.67. The number of hydrogen-bond donors (Lipinski definition) is 0. The van der Waals surface area contributed by atoms with Gasteiger partial charge in [0.25, 0.3) is 0 Å². The fourth-order valence-corrected chi connectivity index (χ4v) is 5.06. The average molecular weight is 393 g/mol. The van der Waals surface area contributed by atoms with Crippen molar-refractivity contribution in [2.24, 2.45) is 11.3 Å². The predicted octanol–water partition coefficient (Wildman–Crippen LogP) is 3.32. The van der Waals surface area contributed by atoms with Crippen LogP contribution in [0.3, 0.4) is 0 Å². The molecule has 0 saturated carbocycles. The Morgan fingerprint density at radius 3 is 2.57 bits per heavy atom. The van der Waals surface area contributed by atoms with Crippen molar-refractivity contribution < 1.29 is 14.2 Å². The van der Waals surface area contributed by atoms with Crippen molar-refractivity contribution in [1.82, 2.24) is 9.80 Å². The SMILES string of the molecule is COC1CCN(CCCOC2=CCC(C3(CN(C)C)CCOCC3)C=C2)CC1. The van der Waals surface area contributed by atoms with E-state index in [4.69, 9.17) is 14.2 Å². The Hall–Kier alpha value is -0.880. The summed E-state index contributed by atoms with van der Waals surface area (Å²) in [5, 5.41) is 0. The lowest BCUT2D eigenvalue weighted by Crippen LogP contribution is -2.44. The molecule has 2 aliphatic heterocycles. The van der Waals surface area contributed by atoms with Crippen LogP contribution in [-0.2, 0) is 14.2 Å². The zero-order chi connectivity index (χ0) is 19.8. The lowest BCUT2D eigenvalue weighted by Gasteiger charge is -2.44. The van der Waals surface area contributed by atoms with Crippen molar-refractivity contribution in [1.29, 1.82) is 0 Å². The van der Waals surface area contributed by atoms with Gasteiger partial charge in [-0.25, -0.2) is 0 Å². The highest BCUT2D eigenvalue weighted by Gasteiger charge is 2.39. The van der Waals surface area contributed by atoms with E-state index < -0.39 is 0 Å². The Morgan fingerprint density at radius 2 is 1.96 bits per heavy atom. The summed E-state index contributed by atoms with van der Waals surface area (Å²) in [6.45, 7) is 7.17. The maximum absolute atomic E-state index is 6.05. The number of hydrogen-bond acceptors (Lipinski definition) is 5. The number of allylic oxidation sites excluding steroid dienone is 3. The summed E-state index contributed by atoms with van der Waals surface area (Å²) in [7, 11) is 6.20. The molecule has 1 unspecified atom stereocenters. The summed E-state index contributed by atoms with van der Waals surface area (Å²) in [5.74, 6) is 1.65. The average Bonchev–Trinajstić information content (AvgIpc) is 2.72. The van der Waals surface area contributed by atoms with Gasteiger partial charge >= 0.3 is 0 Å². The van der Waals surface area contributed by atoms with Gasteiger partial charge in [-0.3, -0.25) is 0 Å². The smallest absolute Gasteiger partial charge is 0.115 e. The fraction of sp³-hybridized carbons (Fsp3) is 0.826. The Kier molecular flexibility index (Phi) is 8.39. The molecule has 0 N–H and O–H groups in total. The minimum absolute atomic E-state index is 0.342. The van der Waals surface area contributed by atoms with E-state index in [0.717, 1.165) is 90.3 Å². The number of piperidine rings is 1. The van der Waals surface area contributed by atoms with Crippen LogP contribution in [0.4, 0.5) is 0 Å². The normalized spacial score (nSPS) is 26.4. The van der Waals surface area contributed by atoms with E-state index in [2.05, 4.69) is 42.1 Å². The van der Waals surface area contributed by atoms with Gasteiger partial charge in [-0.05, 0) is 76.1 Å². The van der Waals surface area contributed by atoms with Gasteiger partial charge < -0.3 is 24.0 Å². The third-order valence-corrected chi connectivity index (χ3v) is 6.73. The number of likely N-dealkylation sites (tertiary alicyclic amines) is 1. The minimum Gasteiger partial charge on any atom is -0.494 e. The molecule has 5 nitrogen and oxygen atoms in total. The summed E-state index contributed by atoms with van der Waals surface area (Å²) in [5.41, 5.74) is 0.342. The highest BCUT2D eigenvalue weighted by molar-refractivity contribution is 5.20. The van der Waals surface area contributed by atoms with Crippen molar-refractivity contribution in [3.63, 3.8) is 0 Å². The quantitative estimate of drug-likeness (QED) is 0.562. The third-order valence-electron chi connectivity index (χ3n) is 6.73. The Morgan fingerprint density at radius 1 is 1.21 bits per heavy atom. The second-order valence-corrected chi connectivity index (χ2v) is 9.00. The zero-order valence-electron chi connectivity index (χ0n) is 18.2. The van der Waals surface area contributed by atoms with E-state index in [0.29, 0.717) is 17.4 Å². The molecule has 0 spiro atoms. The first-order valence-corrected chi connectivity index (χ1v) is 11.1. The molecule has 0 aromatic heterocycles. The van der Waals surface area contributed by atoms with Gasteiger partial charge in [-0.2, -0.15) is 0 Å². The van der Waals surface area contributed by atoms with Crippen LogP contribution in [0, 0.1) is 11.3 Å². The first kappa shape index (κ1) is 21.8. The van der Waals surface area contributed by atoms with Gasteiger partial charge in [0.15, 0.2) is 0 Å². The summed E-state index contributed by atoms with van der Waals surface area (Å²) in [6, 6.07) is 0. The topological polar surface area (TPSA) is 34.2 Å². The molecule has 0 aromatic carbocycles. The second kappa shape index (κ2) is 10.8. The van der Waals surface area contributed by atoms with Crippen LogP contribution in [0.25, 0.3) is 0 Å². The van der Waals surface area contributed by atoms with Crippen molar-refractivity contribution in [3.8, 4) is 0 Å². The van der Waals surface area contributed by atoms with Gasteiger partial charge in [-0.15, -0.1) is 0 Å². The number of rotatable bonds is 9. The van der Waals surface area contributed by atoms with Crippen molar-refractivity contribution in [3.05, 3.63) is 24.0 Å². The van der Waals surface area contributed by atoms with Crippen LogP contribution >= 0.6 is 0 Å². The van der Waals surface area contributed by atoms with E-state index in [1.165, 1.54) is 0 Å². The van der Waals surface area contributed by atoms with E-state index in [-0.39, 0.29) is 0 Å². The summed E-state index contributed by atoms with van der Waals surface area (Å²) in [4.78, 5) is 4.88. The second-order valence-electron chi connectivity index (χ2n) is 9.00. The maximum Gasteiger partial charge on any atom is 0.115 e. The molecule has 28 heavy (non-hydrogen) atoms. The zero-order valence-corrected chi connectivity index (χ0v) is 18.2. The first-order chi connectivity index (χ1) is 13.6. The Labute approximate surface area is 171 Å². The third kappa shape index (κ3) is 6.06. The van der Waals surface area contributed by atoms with Crippen molar-refractivity contribution in [2.45, 2.75) is 44.6 Å². The van der Waals surface area contributed by atoms with E-state index in [1.54, 1.807) is 0 Å². The molecular weight excluding hydrogens is 352 g/mol. The number of ether oxygens (including phenoxy) is 3. The molecule has 0 aromatic rings. The molecule has 5 heteroatoms. The standard InChI is InChI=1S/C23H40N2O3/c1-24(2)19-23(11-17-27-18-12-23)20-5-7-22(8-6-20)28-16-4-13-25-14-9-21(26-3)10-15-25/h5,7-8,20-21H,4,6,9-19H2,1-3H3. The van der Waals surface area contributed by atoms with Gasteiger partial charge in [0.2, 0.25) is 0 Å². The molecule has 3 rings (SSSR count). The minimum atomic E-state index is 0.342. The predicted molar refractivity (Wildman–Crippen MR) is 113 cm³/mol. The highest BCUT2D eigenvalue weighted by atomic mass is 16.5. The number of methoxy groups -OCH3 is 1. The molecule has 160 valence electrons. The van der Waals surface area contributed by atoms with Crippen LogP contribution in [0.1, 0.15) is 38.5 Å². The molecule has 0 radical (unpaired) electrons. The lowest BCUT2D eigenvalue weighted by molar-refractivity contribution is -0.0208. The molecule has 1 aliphatic carbocycles. The van der Waals surface area contributed by atoms with Gasteiger partial charge in [0.05, 0.1) is 12.7 Å². The molecule has 0 bridgehead atoms. The summed E-state index contributed by atoms with van der Waals surface area (Å²) >= 11 is 0. The number of nitrogens with zero attached hydrogens (tertiary/aromatic N) is 2. The van der Waals surface area contributed by atoms with Crippen LogP contribution in [-0.4, -0.2) is 83.1 Å². The van der Waals surface area contributed by atoms with Gasteiger partial charge in [0.1, 0.15) is 5.76 Å². The monoisotopic (exact) mass is 392 g/mol. The Bertz CT molecular complexity index is 518. The van der Waals surface area contributed by atoms with Gasteiger partial charge in [-0.1, -0.05) is 6.08 Å². The van der Waals surface area contributed by atoms with E-state index in [1.807, 2.05) is 7.11 Å². The van der Waals surface area contributed by atoms with E-state index >= 15 is 0 Å². The summed E-state index contributed by atoms with van der Waals surface area (Å²) in [6.07, 6.45) is 14.2. The Balaban J connectivity index is 1.38. The molecule has 3 aliphatic rings. The molecule has 2 fully saturated rings. The maximum atomic E-state index is 6.05. The van der Waals surface area contributed by atoms with Crippen LogP contribution in [0.5, 0.6) is 0 Å². The fourth-order valence-electron chi connectivity index (χ4n) is 5.06. The summed E-state index contributed by atoms with van der Waals surface area (Å²) < 4.78 is 17.2. The molecule has 0 amide bonds. The van der Waals surface area contributed by atoms with E-state index in [9.17, 15) is 0 Å². The molecular formula is C23H40N2O3. The van der Waals surface area contributed by atoms with Gasteiger partial charge in [0, 0.05) is 46.5 Å². The van der Waals surface area contributed by atoms with Crippen LogP contribution < -0.4 is 0 Å². The van der Waals surface area contributed by atoms with Crippen LogP contribution in [0.2, 0.25) is 0 Å². The molecule has 2 saturated heterocycles. The molecule has 1 atom stereocenters. The largest absolute Gasteiger partial charge is 0.494 e. The molecule has 2 heterocycles. The van der Waals surface area contributed by atoms with Crippen molar-refractivity contribution in [2.75, 3.05) is 67.2 Å². The van der Waals surface area contributed by atoms with Crippen molar-refractivity contribution >= 4 is 0 Å². The highest BCUT2D eigenvalue weighted by Crippen LogP contribution is 2.43. The first-order valence-electron chi connectivity index (χ1n) is 11.1. The van der Waals surface area contributed by atoms with Crippen LogP contribution in [0.15, 0.2) is 24.0 Å².